The molecule has 1 N–H and O–H groups in total. The van der Waals surface area contributed by atoms with E-state index in [1.165, 1.54) is 12.1 Å². The van der Waals surface area contributed by atoms with Gasteiger partial charge in [-0.25, -0.2) is 0 Å². The van der Waals surface area contributed by atoms with E-state index in [4.69, 9.17) is 4.74 Å². The molecule has 21 heavy (non-hydrogen) atoms. The lowest BCUT2D eigenvalue weighted by Crippen LogP contribution is -2.41. The van der Waals surface area contributed by atoms with E-state index in [1.54, 1.807) is 7.11 Å². The molecular formula is C16H30N4O. The first-order chi connectivity index (χ1) is 9.98. The summed E-state index contributed by atoms with van der Waals surface area (Å²) in [4.78, 5) is 2.19. The minimum atomic E-state index is 0.0162. The van der Waals surface area contributed by atoms with Crippen molar-refractivity contribution >= 4 is 0 Å². The first-order valence-corrected chi connectivity index (χ1v) is 7.98. The van der Waals surface area contributed by atoms with Gasteiger partial charge in [0, 0.05) is 6.54 Å². The number of likely N-dealkylation sites (N-methyl/N-ethyl adjacent to an activating group) is 1. The van der Waals surface area contributed by atoms with Gasteiger partial charge >= 0.3 is 0 Å². The van der Waals surface area contributed by atoms with E-state index in [0.717, 1.165) is 38.2 Å². The van der Waals surface area contributed by atoms with Crippen LogP contribution in [-0.2, 0) is 12.1 Å². The zero-order valence-corrected chi connectivity index (χ0v) is 14.1. The van der Waals surface area contributed by atoms with Gasteiger partial charge in [-0.3, -0.25) is 4.68 Å². The van der Waals surface area contributed by atoms with E-state index in [0.29, 0.717) is 5.92 Å². The van der Waals surface area contributed by atoms with Crippen LogP contribution in [-0.4, -0.2) is 49.0 Å². The number of hydrogen-bond donors (Lipinski definition) is 1. The lowest BCUT2D eigenvalue weighted by atomic mass is 9.84. The summed E-state index contributed by atoms with van der Waals surface area (Å²) in [6.45, 7) is 7.53. The van der Waals surface area contributed by atoms with Gasteiger partial charge in [-0.2, -0.15) is 5.10 Å². The van der Waals surface area contributed by atoms with Crippen LogP contribution in [0.4, 0.5) is 0 Å². The summed E-state index contributed by atoms with van der Waals surface area (Å²) in [5.41, 5.74) is 1.25. The summed E-state index contributed by atoms with van der Waals surface area (Å²) in [5, 5.41) is 8.33. The number of rotatable bonds is 7. The average molecular weight is 294 g/mol. The van der Waals surface area contributed by atoms with Crippen molar-refractivity contribution in [2.45, 2.75) is 45.2 Å². The molecule has 0 amide bonds. The van der Waals surface area contributed by atoms with Gasteiger partial charge in [0.2, 0.25) is 0 Å². The summed E-state index contributed by atoms with van der Waals surface area (Å²) in [7, 11) is 5.94. The van der Waals surface area contributed by atoms with E-state index in [-0.39, 0.29) is 5.54 Å². The highest BCUT2D eigenvalue weighted by molar-refractivity contribution is 5.33. The molecule has 0 spiro atoms. The number of nitrogens with one attached hydrogen (secondary N) is 1. The lowest BCUT2D eigenvalue weighted by molar-refractivity contribution is 0.267. The molecule has 1 aromatic heterocycles. The Kier molecular flexibility index (Phi) is 5.27. The number of nitrogens with zero attached hydrogens (tertiary/aromatic N) is 3. The van der Waals surface area contributed by atoms with Gasteiger partial charge in [0.25, 0.3) is 0 Å². The molecule has 0 aliphatic carbocycles. The quantitative estimate of drug-likeness (QED) is 0.836. The van der Waals surface area contributed by atoms with Crippen LogP contribution in [0.25, 0.3) is 0 Å². The molecule has 1 unspecified atom stereocenters. The lowest BCUT2D eigenvalue weighted by Gasteiger charge is -2.33. The van der Waals surface area contributed by atoms with Crippen LogP contribution in [0.3, 0.4) is 0 Å². The normalized spacial score (nSPS) is 22.4. The third kappa shape index (κ3) is 3.58. The smallest absolute Gasteiger partial charge is 0.161 e. The molecule has 0 radical (unpaired) electrons. The Balaban J connectivity index is 2.35. The molecule has 5 nitrogen and oxygen atoms in total. The molecular weight excluding hydrogens is 264 g/mol. The maximum Gasteiger partial charge on any atom is 0.161 e. The fraction of sp³-hybridized carbons (Fsp3) is 0.812. The molecule has 5 heteroatoms. The van der Waals surface area contributed by atoms with Gasteiger partial charge in [-0.15, -0.1) is 0 Å². The fourth-order valence-corrected chi connectivity index (χ4v) is 3.44. The van der Waals surface area contributed by atoms with E-state index in [9.17, 15) is 0 Å². The Morgan fingerprint density at radius 3 is 2.76 bits per heavy atom. The average Bonchev–Trinajstić information content (AvgIpc) is 3.02. The first-order valence-electron chi connectivity index (χ1n) is 7.98. The summed E-state index contributed by atoms with van der Waals surface area (Å²) in [6, 6.07) is 0. The van der Waals surface area contributed by atoms with E-state index in [2.05, 4.69) is 47.9 Å². The Morgan fingerprint density at radius 2 is 2.24 bits per heavy atom. The standard InChI is InChI=1S/C16H30N4O/c1-13(2)11-16(7-6-8-17-16)15-14(21-5)12-18-20(15)10-9-19(3)4/h12-13,17H,6-11H2,1-5H3. The molecule has 1 atom stereocenters. The highest BCUT2D eigenvalue weighted by Gasteiger charge is 2.41. The number of aromatic nitrogens is 2. The second-order valence-electron chi connectivity index (χ2n) is 6.80. The highest BCUT2D eigenvalue weighted by atomic mass is 16.5. The number of methoxy groups -OCH3 is 1. The Hall–Kier alpha value is -1.07. The topological polar surface area (TPSA) is 42.3 Å². The SMILES string of the molecule is COc1cnn(CCN(C)C)c1C1(CC(C)C)CCCN1. The molecule has 1 aliphatic heterocycles. The molecule has 120 valence electrons. The molecule has 2 heterocycles. The van der Waals surface area contributed by atoms with Crippen molar-refractivity contribution in [1.29, 1.82) is 0 Å². The van der Waals surface area contributed by atoms with Crippen LogP contribution < -0.4 is 10.1 Å². The molecule has 1 saturated heterocycles. The van der Waals surface area contributed by atoms with Gasteiger partial charge in [-0.05, 0) is 45.8 Å². The third-order valence-electron chi connectivity index (χ3n) is 4.24. The van der Waals surface area contributed by atoms with Crippen LogP contribution in [0.5, 0.6) is 5.75 Å². The minimum absolute atomic E-state index is 0.0162. The monoisotopic (exact) mass is 294 g/mol. The summed E-state index contributed by atoms with van der Waals surface area (Å²) in [5.74, 6) is 1.56. The van der Waals surface area contributed by atoms with Crippen molar-refractivity contribution in [2.24, 2.45) is 5.92 Å². The second kappa shape index (κ2) is 6.79. The molecule has 0 aromatic carbocycles. The van der Waals surface area contributed by atoms with Crippen LogP contribution in [0, 0.1) is 5.92 Å². The fourth-order valence-electron chi connectivity index (χ4n) is 3.44. The molecule has 1 aromatic rings. The van der Waals surface area contributed by atoms with Crippen molar-refractivity contribution < 1.29 is 4.74 Å². The van der Waals surface area contributed by atoms with Crippen molar-refractivity contribution in [3.8, 4) is 5.75 Å². The summed E-state index contributed by atoms with van der Waals surface area (Å²) in [6.07, 6.45) is 5.37. The Bertz CT molecular complexity index is 447. The van der Waals surface area contributed by atoms with Gasteiger partial charge in [-0.1, -0.05) is 13.8 Å². The van der Waals surface area contributed by atoms with Crippen LogP contribution in [0.2, 0.25) is 0 Å². The molecule has 2 rings (SSSR count). The number of hydrogen-bond acceptors (Lipinski definition) is 4. The largest absolute Gasteiger partial charge is 0.493 e. The molecule has 1 aliphatic rings. The van der Waals surface area contributed by atoms with Crippen molar-refractivity contribution in [1.82, 2.24) is 20.0 Å². The zero-order chi connectivity index (χ0) is 15.5. The van der Waals surface area contributed by atoms with Gasteiger partial charge in [0.1, 0.15) is 5.69 Å². The number of ether oxygens (including phenoxy) is 1. The minimum Gasteiger partial charge on any atom is -0.493 e. The van der Waals surface area contributed by atoms with Crippen molar-refractivity contribution in [2.75, 3.05) is 34.3 Å². The van der Waals surface area contributed by atoms with Crippen LogP contribution in [0.15, 0.2) is 6.20 Å². The Labute approximate surface area is 128 Å². The Morgan fingerprint density at radius 1 is 1.48 bits per heavy atom. The maximum absolute atomic E-state index is 5.61. The van der Waals surface area contributed by atoms with Crippen molar-refractivity contribution in [3.05, 3.63) is 11.9 Å². The predicted octanol–water partition coefficient (Wildman–Crippen LogP) is 2.08. The third-order valence-corrected chi connectivity index (χ3v) is 4.24. The van der Waals surface area contributed by atoms with E-state index in [1.807, 2.05) is 6.20 Å². The zero-order valence-electron chi connectivity index (χ0n) is 14.1. The van der Waals surface area contributed by atoms with Gasteiger partial charge in [0.15, 0.2) is 5.75 Å². The maximum atomic E-state index is 5.61. The van der Waals surface area contributed by atoms with Gasteiger partial charge < -0.3 is 15.0 Å². The van der Waals surface area contributed by atoms with Crippen LogP contribution >= 0.6 is 0 Å². The van der Waals surface area contributed by atoms with E-state index >= 15 is 0 Å². The summed E-state index contributed by atoms with van der Waals surface area (Å²) >= 11 is 0. The van der Waals surface area contributed by atoms with Crippen LogP contribution in [0.1, 0.15) is 38.8 Å². The molecule has 1 fully saturated rings. The van der Waals surface area contributed by atoms with Crippen molar-refractivity contribution in [3.63, 3.8) is 0 Å². The van der Waals surface area contributed by atoms with E-state index < -0.39 is 0 Å². The summed E-state index contributed by atoms with van der Waals surface area (Å²) < 4.78 is 7.75. The molecule has 0 bridgehead atoms. The first kappa shape index (κ1) is 16.3. The molecule has 0 saturated carbocycles. The van der Waals surface area contributed by atoms with Gasteiger partial charge in [0.05, 0.1) is 25.4 Å². The highest BCUT2D eigenvalue weighted by Crippen LogP contribution is 2.41. The second-order valence-corrected chi connectivity index (χ2v) is 6.80. The predicted molar refractivity (Wildman–Crippen MR) is 85.7 cm³/mol.